The Labute approximate surface area is 194 Å². The molecular formula is C29H29ClF2. The van der Waals surface area contributed by atoms with Crippen LogP contribution >= 0.6 is 11.6 Å². The second-order valence-corrected chi connectivity index (χ2v) is 9.06. The first-order valence-corrected chi connectivity index (χ1v) is 12.0. The summed E-state index contributed by atoms with van der Waals surface area (Å²) in [5.41, 5.74) is 5.49. The summed E-state index contributed by atoms with van der Waals surface area (Å²) in [5.74, 6) is -0.0531. The van der Waals surface area contributed by atoms with E-state index in [1.54, 1.807) is 24.3 Å². The van der Waals surface area contributed by atoms with E-state index in [9.17, 15) is 4.39 Å². The van der Waals surface area contributed by atoms with Crippen LogP contribution in [0.5, 0.6) is 0 Å². The zero-order valence-electron chi connectivity index (χ0n) is 18.7. The van der Waals surface area contributed by atoms with Gasteiger partial charge in [0.1, 0.15) is 11.6 Å². The molecular weight excluding hydrogens is 422 g/mol. The second-order valence-electron chi connectivity index (χ2n) is 8.68. The van der Waals surface area contributed by atoms with E-state index in [2.05, 4.69) is 25.1 Å². The van der Waals surface area contributed by atoms with Gasteiger partial charge < -0.3 is 0 Å². The van der Waals surface area contributed by atoms with Crippen LogP contribution in [0.4, 0.5) is 8.78 Å². The molecule has 3 heteroatoms. The van der Waals surface area contributed by atoms with Crippen LogP contribution in [0, 0.1) is 17.6 Å². The molecule has 0 aliphatic heterocycles. The maximum absolute atomic E-state index is 15.0. The third-order valence-electron chi connectivity index (χ3n) is 6.61. The molecule has 32 heavy (non-hydrogen) atoms. The third-order valence-corrected chi connectivity index (χ3v) is 7.02. The van der Waals surface area contributed by atoms with Crippen LogP contribution in [-0.4, -0.2) is 0 Å². The van der Waals surface area contributed by atoms with Crippen molar-refractivity contribution >= 4 is 17.2 Å². The van der Waals surface area contributed by atoms with Crippen molar-refractivity contribution in [3.05, 3.63) is 88.5 Å². The van der Waals surface area contributed by atoms with Crippen molar-refractivity contribution in [3.63, 3.8) is 0 Å². The van der Waals surface area contributed by atoms with Crippen molar-refractivity contribution in [2.24, 2.45) is 5.92 Å². The van der Waals surface area contributed by atoms with E-state index in [1.807, 2.05) is 19.1 Å². The van der Waals surface area contributed by atoms with Gasteiger partial charge in [0.25, 0.3) is 0 Å². The minimum Gasteiger partial charge on any atom is -0.206 e. The van der Waals surface area contributed by atoms with Gasteiger partial charge in [0.15, 0.2) is 0 Å². The maximum atomic E-state index is 15.0. The van der Waals surface area contributed by atoms with Crippen molar-refractivity contribution in [1.29, 1.82) is 0 Å². The van der Waals surface area contributed by atoms with Crippen LogP contribution in [0.3, 0.4) is 0 Å². The fourth-order valence-corrected chi connectivity index (χ4v) is 4.99. The zero-order chi connectivity index (χ0) is 22.7. The van der Waals surface area contributed by atoms with Gasteiger partial charge in [-0.15, -0.1) is 0 Å². The van der Waals surface area contributed by atoms with Crippen molar-refractivity contribution < 1.29 is 8.78 Å². The average Bonchev–Trinajstić information content (AvgIpc) is 2.82. The summed E-state index contributed by atoms with van der Waals surface area (Å²) in [7, 11) is 0. The molecule has 0 heterocycles. The number of hydrogen-bond donors (Lipinski definition) is 0. The molecule has 0 radical (unpaired) electrons. The van der Waals surface area contributed by atoms with Gasteiger partial charge >= 0.3 is 0 Å². The molecule has 1 aliphatic carbocycles. The molecule has 166 valence electrons. The van der Waals surface area contributed by atoms with Crippen molar-refractivity contribution in [1.82, 2.24) is 0 Å². The lowest BCUT2D eigenvalue weighted by Gasteiger charge is -2.21. The van der Waals surface area contributed by atoms with Gasteiger partial charge in [0.2, 0.25) is 0 Å². The number of halogens is 3. The molecule has 3 aromatic carbocycles. The SMILES string of the molecule is CCCC1CC=C(c2ccc(-c3ccc(-c4ccc(CC)c(Cl)c4F)cc3F)cc2)CC1. The molecule has 0 saturated carbocycles. The van der Waals surface area contributed by atoms with Crippen molar-refractivity contribution in [2.45, 2.75) is 52.4 Å². The molecule has 4 rings (SSSR count). The average molecular weight is 451 g/mol. The van der Waals surface area contributed by atoms with Gasteiger partial charge in [0, 0.05) is 11.1 Å². The standard InChI is InChI=1S/C29H29ClF2/c1-3-5-19-6-8-21(9-7-19)22-10-12-23(13-11-22)25-16-15-24(18-27(25)31)26-17-14-20(4-2)28(30)29(26)32/h8,10-19H,3-7,9H2,1-2H3. The molecule has 0 aromatic heterocycles. The van der Waals surface area contributed by atoms with Crippen LogP contribution < -0.4 is 0 Å². The minimum atomic E-state index is -0.496. The highest BCUT2D eigenvalue weighted by molar-refractivity contribution is 6.31. The van der Waals surface area contributed by atoms with E-state index >= 15 is 4.39 Å². The zero-order valence-corrected chi connectivity index (χ0v) is 19.5. The predicted molar refractivity (Wildman–Crippen MR) is 132 cm³/mol. The molecule has 0 saturated heterocycles. The summed E-state index contributed by atoms with van der Waals surface area (Å²) in [4.78, 5) is 0. The lowest BCUT2D eigenvalue weighted by molar-refractivity contribution is 0.445. The van der Waals surface area contributed by atoms with Gasteiger partial charge in [-0.1, -0.05) is 92.9 Å². The van der Waals surface area contributed by atoms with Crippen LogP contribution in [0.15, 0.2) is 60.7 Å². The molecule has 3 aromatic rings. The molecule has 1 unspecified atom stereocenters. The smallest absolute Gasteiger partial charge is 0.149 e. The van der Waals surface area contributed by atoms with Crippen molar-refractivity contribution in [2.75, 3.05) is 0 Å². The van der Waals surface area contributed by atoms with Crippen LogP contribution in [0.2, 0.25) is 5.02 Å². The number of aryl methyl sites for hydroxylation is 1. The van der Waals surface area contributed by atoms with Crippen LogP contribution in [0.25, 0.3) is 27.8 Å². The van der Waals surface area contributed by atoms with E-state index in [0.717, 1.165) is 29.9 Å². The summed E-state index contributed by atoms with van der Waals surface area (Å²) in [6.07, 6.45) is 9.08. The van der Waals surface area contributed by atoms with Gasteiger partial charge in [-0.05, 0) is 65.5 Å². The first-order chi connectivity index (χ1) is 15.5. The summed E-state index contributed by atoms with van der Waals surface area (Å²) >= 11 is 6.14. The molecule has 0 fully saturated rings. The number of hydrogen-bond acceptors (Lipinski definition) is 0. The Balaban J connectivity index is 1.56. The fourth-order valence-electron chi connectivity index (χ4n) is 4.69. The second kappa shape index (κ2) is 10.0. The van der Waals surface area contributed by atoms with Gasteiger partial charge in [-0.3, -0.25) is 0 Å². The molecule has 0 amide bonds. The summed E-state index contributed by atoms with van der Waals surface area (Å²) in [6, 6.07) is 16.4. The highest BCUT2D eigenvalue weighted by atomic mass is 35.5. The largest absolute Gasteiger partial charge is 0.206 e. The van der Waals surface area contributed by atoms with E-state index in [1.165, 1.54) is 36.5 Å². The quantitative estimate of drug-likeness (QED) is 0.350. The van der Waals surface area contributed by atoms with E-state index in [-0.39, 0.29) is 10.8 Å². The summed E-state index contributed by atoms with van der Waals surface area (Å²) in [5, 5.41) is 0.114. The Hall–Kier alpha value is -2.45. The molecule has 1 aliphatic rings. The predicted octanol–water partition coefficient (Wildman–Crippen LogP) is 9.50. The van der Waals surface area contributed by atoms with E-state index in [4.69, 9.17) is 11.6 Å². The Bertz CT molecular complexity index is 1130. The lowest BCUT2D eigenvalue weighted by atomic mass is 9.84. The highest BCUT2D eigenvalue weighted by Crippen LogP contribution is 2.35. The molecule has 0 bridgehead atoms. The molecule has 0 spiro atoms. The van der Waals surface area contributed by atoms with Gasteiger partial charge in [-0.25, -0.2) is 8.78 Å². The van der Waals surface area contributed by atoms with Gasteiger partial charge in [0.05, 0.1) is 5.02 Å². The molecule has 0 N–H and O–H groups in total. The lowest BCUT2D eigenvalue weighted by Crippen LogP contribution is -2.04. The first-order valence-electron chi connectivity index (χ1n) is 11.6. The maximum Gasteiger partial charge on any atom is 0.149 e. The fraction of sp³-hybridized carbons (Fsp3) is 0.310. The monoisotopic (exact) mass is 450 g/mol. The van der Waals surface area contributed by atoms with E-state index in [0.29, 0.717) is 23.1 Å². The normalized spacial score (nSPS) is 16.2. The van der Waals surface area contributed by atoms with Crippen molar-refractivity contribution in [3.8, 4) is 22.3 Å². The first kappa shape index (κ1) is 22.7. The molecule has 1 atom stereocenters. The minimum absolute atomic E-state index is 0.114. The number of rotatable bonds is 6. The van der Waals surface area contributed by atoms with Crippen LogP contribution in [0.1, 0.15) is 57.1 Å². The summed E-state index contributed by atoms with van der Waals surface area (Å²) in [6.45, 7) is 4.17. The Morgan fingerprint density at radius 1 is 0.875 bits per heavy atom. The van der Waals surface area contributed by atoms with Crippen LogP contribution in [-0.2, 0) is 6.42 Å². The Morgan fingerprint density at radius 3 is 2.19 bits per heavy atom. The summed E-state index contributed by atoms with van der Waals surface area (Å²) < 4.78 is 29.7. The van der Waals surface area contributed by atoms with E-state index < -0.39 is 5.82 Å². The topological polar surface area (TPSA) is 0 Å². The Kier molecular flexibility index (Phi) is 7.10. The molecule has 0 nitrogen and oxygen atoms in total. The Morgan fingerprint density at radius 2 is 1.56 bits per heavy atom. The highest BCUT2D eigenvalue weighted by Gasteiger charge is 2.16. The number of allylic oxidation sites excluding steroid dienone is 2. The van der Waals surface area contributed by atoms with Gasteiger partial charge in [-0.2, -0.15) is 0 Å². The third kappa shape index (κ3) is 4.66. The number of benzene rings is 3.